The second kappa shape index (κ2) is 7.09. The Morgan fingerprint density at radius 1 is 1.05 bits per heavy atom. The van der Waals surface area contributed by atoms with Crippen LogP contribution in [0.1, 0.15) is 0 Å². The quantitative estimate of drug-likeness (QED) is 0.722. The standard InChI is InChI=1S/C11H9N3O5S2/c15-7(16)4-20-10-12-9(6-2-1-3-19-6)13-11(14-10)21-5-8(17)18/h1-3H,4-5H2,(H,15,16)(H,17,18). The second-order valence-electron chi connectivity index (χ2n) is 3.57. The molecule has 8 nitrogen and oxygen atoms in total. The van der Waals surface area contributed by atoms with Gasteiger partial charge in [0.1, 0.15) is 0 Å². The maximum atomic E-state index is 10.6. The molecule has 2 aromatic rings. The summed E-state index contributed by atoms with van der Waals surface area (Å²) < 4.78 is 5.18. The SMILES string of the molecule is O=C(O)CSc1nc(SCC(=O)O)nc(-c2ccco2)n1. The smallest absolute Gasteiger partial charge is 0.313 e. The van der Waals surface area contributed by atoms with Crippen LogP contribution >= 0.6 is 23.5 Å². The highest BCUT2D eigenvalue weighted by Gasteiger charge is 2.13. The molecule has 0 aromatic carbocycles. The third-order valence-corrected chi connectivity index (χ3v) is 3.65. The van der Waals surface area contributed by atoms with Crippen molar-refractivity contribution in [3.05, 3.63) is 18.4 Å². The number of rotatable bonds is 7. The van der Waals surface area contributed by atoms with Crippen LogP contribution in [0.2, 0.25) is 0 Å². The Bertz CT molecular complexity index is 611. The van der Waals surface area contributed by atoms with Crippen molar-refractivity contribution in [2.45, 2.75) is 10.3 Å². The zero-order chi connectivity index (χ0) is 15.2. The van der Waals surface area contributed by atoms with Gasteiger partial charge in [-0.25, -0.2) is 0 Å². The van der Waals surface area contributed by atoms with Gasteiger partial charge in [0, 0.05) is 0 Å². The first-order valence-corrected chi connectivity index (χ1v) is 7.51. The van der Waals surface area contributed by atoms with E-state index in [9.17, 15) is 9.59 Å². The maximum Gasteiger partial charge on any atom is 0.313 e. The molecular formula is C11H9N3O5S2. The van der Waals surface area contributed by atoms with Crippen LogP contribution in [0, 0.1) is 0 Å². The van der Waals surface area contributed by atoms with Crippen molar-refractivity contribution in [3.8, 4) is 11.6 Å². The molecule has 0 radical (unpaired) electrons. The highest BCUT2D eigenvalue weighted by Crippen LogP contribution is 2.23. The van der Waals surface area contributed by atoms with Crippen molar-refractivity contribution < 1.29 is 24.2 Å². The van der Waals surface area contributed by atoms with E-state index in [0.29, 0.717) is 5.76 Å². The fraction of sp³-hybridized carbons (Fsp3) is 0.182. The first-order chi connectivity index (χ1) is 10.0. The molecule has 2 aromatic heterocycles. The molecule has 110 valence electrons. The molecule has 0 aliphatic carbocycles. The van der Waals surface area contributed by atoms with Gasteiger partial charge in [0.05, 0.1) is 17.8 Å². The van der Waals surface area contributed by atoms with Gasteiger partial charge in [-0.15, -0.1) is 0 Å². The fourth-order valence-corrected chi connectivity index (χ4v) is 2.40. The van der Waals surface area contributed by atoms with Crippen LogP contribution < -0.4 is 0 Å². The Morgan fingerprint density at radius 2 is 1.62 bits per heavy atom. The van der Waals surface area contributed by atoms with E-state index in [1.165, 1.54) is 6.26 Å². The van der Waals surface area contributed by atoms with E-state index < -0.39 is 11.9 Å². The normalized spacial score (nSPS) is 10.5. The van der Waals surface area contributed by atoms with Gasteiger partial charge in [0.25, 0.3) is 0 Å². The zero-order valence-electron chi connectivity index (χ0n) is 10.4. The van der Waals surface area contributed by atoms with Crippen molar-refractivity contribution in [2.75, 3.05) is 11.5 Å². The number of carboxylic acid groups (broad SMARTS) is 2. The predicted molar refractivity (Wildman–Crippen MR) is 74.2 cm³/mol. The monoisotopic (exact) mass is 327 g/mol. The van der Waals surface area contributed by atoms with E-state index in [0.717, 1.165) is 23.5 Å². The number of furan rings is 1. The fourth-order valence-electron chi connectivity index (χ4n) is 1.24. The largest absolute Gasteiger partial charge is 0.481 e. The number of hydrogen-bond acceptors (Lipinski definition) is 8. The van der Waals surface area contributed by atoms with Crippen molar-refractivity contribution >= 4 is 35.5 Å². The summed E-state index contributed by atoms with van der Waals surface area (Å²) in [7, 11) is 0. The van der Waals surface area contributed by atoms with Crippen LogP contribution in [-0.4, -0.2) is 48.6 Å². The third kappa shape index (κ3) is 4.76. The summed E-state index contributed by atoms with van der Waals surface area (Å²) in [6.45, 7) is 0. The third-order valence-electron chi connectivity index (χ3n) is 1.99. The van der Waals surface area contributed by atoms with Gasteiger partial charge < -0.3 is 14.6 Å². The summed E-state index contributed by atoms with van der Waals surface area (Å²) in [5.74, 6) is -1.78. The van der Waals surface area contributed by atoms with E-state index in [1.54, 1.807) is 12.1 Å². The summed E-state index contributed by atoms with van der Waals surface area (Å²) in [6.07, 6.45) is 1.45. The number of thioether (sulfide) groups is 2. The Balaban J connectivity index is 2.26. The average Bonchev–Trinajstić information content (AvgIpc) is 2.97. The van der Waals surface area contributed by atoms with Crippen molar-refractivity contribution in [1.82, 2.24) is 15.0 Å². The molecule has 0 saturated heterocycles. The van der Waals surface area contributed by atoms with Crippen LogP contribution in [0.3, 0.4) is 0 Å². The Morgan fingerprint density at radius 3 is 2.05 bits per heavy atom. The highest BCUT2D eigenvalue weighted by molar-refractivity contribution is 8.00. The van der Waals surface area contributed by atoms with Gasteiger partial charge in [-0.1, -0.05) is 23.5 Å². The number of carbonyl (C=O) groups is 2. The van der Waals surface area contributed by atoms with E-state index >= 15 is 0 Å². The number of carboxylic acids is 2. The summed E-state index contributed by atoms with van der Waals surface area (Å²) in [6, 6.07) is 3.31. The highest BCUT2D eigenvalue weighted by atomic mass is 32.2. The van der Waals surface area contributed by atoms with E-state index in [4.69, 9.17) is 14.6 Å². The minimum atomic E-state index is -1.00. The first kappa shape index (κ1) is 15.3. The lowest BCUT2D eigenvalue weighted by molar-refractivity contribution is -0.134. The molecule has 0 aliphatic rings. The van der Waals surface area contributed by atoms with Gasteiger partial charge in [-0.05, 0) is 12.1 Å². The molecule has 0 fully saturated rings. The average molecular weight is 327 g/mol. The summed E-state index contributed by atoms with van der Waals surface area (Å²) in [5.41, 5.74) is 0. The molecule has 10 heteroatoms. The summed E-state index contributed by atoms with van der Waals surface area (Å²) in [5, 5.41) is 17.8. The van der Waals surface area contributed by atoms with E-state index in [1.807, 2.05) is 0 Å². The van der Waals surface area contributed by atoms with Crippen LogP contribution in [0.15, 0.2) is 33.1 Å². The van der Waals surface area contributed by atoms with Crippen LogP contribution in [-0.2, 0) is 9.59 Å². The molecule has 0 spiro atoms. The molecule has 0 bridgehead atoms. The Hall–Kier alpha value is -2.07. The van der Waals surface area contributed by atoms with Crippen LogP contribution in [0.5, 0.6) is 0 Å². The molecule has 2 rings (SSSR count). The minimum absolute atomic E-state index is 0.201. The predicted octanol–water partition coefficient (Wildman–Crippen LogP) is 1.48. The van der Waals surface area contributed by atoms with E-state index in [2.05, 4.69) is 15.0 Å². The Kier molecular flexibility index (Phi) is 5.17. The first-order valence-electron chi connectivity index (χ1n) is 5.53. The molecule has 0 amide bonds. The zero-order valence-corrected chi connectivity index (χ0v) is 12.1. The van der Waals surface area contributed by atoms with Crippen molar-refractivity contribution in [2.24, 2.45) is 0 Å². The lowest BCUT2D eigenvalue weighted by atomic mass is 10.4. The lowest BCUT2D eigenvalue weighted by Crippen LogP contribution is -2.04. The van der Waals surface area contributed by atoms with Crippen molar-refractivity contribution in [1.29, 1.82) is 0 Å². The van der Waals surface area contributed by atoms with Crippen LogP contribution in [0.4, 0.5) is 0 Å². The second-order valence-corrected chi connectivity index (χ2v) is 5.45. The molecule has 0 aliphatic heterocycles. The summed E-state index contributed by atoms with van der Waals surface area (Å²) in [4.78, 5) is 33.4. The van der Waals surface area contributed by atoms with Gasteiger partial charge in [0.15, 0.2) is 16.1 Å². The molecule has 0 atom stereocenters. The lowest BCUT2D eigenvalue weighted by Gasteiger charge is -2.03. The molecular weight excluding hydrogens is 318 g/mol. The number of aliphatic carboxylic acids is 2. The molecule has 21 heavy (non-hydrogen) atoms. The number of hydrogen-bond donors (Lipinski definition) is 2. The van der Waals surface area contributed by atoms with Crippen LogP contribution in [0.25, 0.3) is 11.6 Å². The Labute approximate surface area is 127 Å². The van der Waals surface area contributed by atoms with Gasteiger partial charge >= 0.3 is 11.9 Å². The topological polar surface area (TPSA) is 126 Å². The van der Waals surface area contributed by atoms with Gasteiger partial charge in [-0.3, -0.25) is 9.59 Å². The number of nitrogens with zero attached hydrogens (tertiary/aromatic N) is 3. The maximum absolute atomic E-state index is 10.6. The van der Waals surface area contributed by atoms with Gasteiger partial charge in [0.2, 0.25) is 5.82 Å². The minimum Gasteiger partial charge on any atom is -0.481 e. The van der Waals surface area contributed by atoms with Gasteiger partial charge in [-0.2, -0.15) is 15.0 Å². The number of aromatic nitrogens is 3. The molecule has 2 N–H and O–H groups in total. The summed E-state index contributed by atoms with van der Waals surface area (Å²) >= 11 is 1.85. The molecule has 0 saturated carbocycles. The molecule has 2 heterocycles. The van der Waals surface area contributed by atoms with E-state index in [-0.39, 0.29) is 27.6 Å². The van der Waals surface area contributed by atoms with Crippen molar-refractivity contribution in [3.63, 3.8) is 0 Å². The molecule has 0 unspecified atom stereocenters.